The highest BCUT2D eigenvalue weighted by Crippen LogP contribution is 2.38. The maximum atomic E-state index is 12.4. The van der Waals surface area contributed by atoms with Crippen molar-refractivity contribution in [3.8, 4) is 0 Å². The average molecular weight is 386 g/mol. The van der Waals surface area contributed by atoms with Gasteiger partial charge in [-0.25, -0.2) is 0 Å². The van der Waals surface area contributed by atoms with Crippen LogP contribution in [0.4, 0.5) is 0 Å². The molecule has 0 aromatic rings. The quantitative estimate of drug-likeness (QED) is 0.583. The minimum absolute atomic E-state index is 0.0424. The van der Waals surface area contributed by atoms with Gasteiger partial charge in [-0.1, -0.05) is 13.8 Å². The first-order chi connectivity index (χ1) is 12.4. The van der Waals surface area contributed by atoms with E-state index < -0.39 is 5.60 Å². The van der Waals surface area contributed by atoms with Gasteiger partial charge in [0.05, 0.1) is 12.5 Å². The van der Waals surface area contributed by atoms with E-state index >= 15 is 0 Å². The maximum Gasteiger partial charge on any atom is 0.306 e. The number of hydrogen-bond acceptors (Lipinski definition) is 6. The van der Waals surface area contributed by atoms with Gasteiger partial charge < -0.3 is 14.6 Å². The van der Waals surface area contributed by atoms with E-state index in [0.717, 1.165) is 0 Å². The summed E-state index contributed by atoms with van der Waals surface area (Å²) < 4.78 is 10.8. The number of Topliss-reactive ketones (excluding diaryl/α,β-unsaturated/α-hetero) is 1. The number of methoxy groups -OCH3 is 1. The molecule has 6 heteroatoms. The van der Waals surface area contributed by atoms with Crippen LogP contribution in [-0.4, -0.2) is 64.8 Å². The molecule has 0 bridgehead atoms. The average Bonchev–Trinajstić information content (AvgIpc) is 2.56. The van der Waals surface area contributed by atoms with E-state index in [1.165, 1.54) is 0 Å². The number of aliphatic hydroxyl groups is 1. The first kappa shape index (κ1) is 24.1. The zero-order valence-corrected chi connectivity index (χ0v) is 18.3. The first-order valence-electron chi connectivity index (χ1n) is 10.1. The molecule has 0 atom stereocenters. The summed E-state index contributed by atoms with van der Waals surface area (Å²) in [6.45, 7) is 13.2. The molecule has 158 valence electrons. The highest BCUT2D eigenvalue weighted by Gasteiger charge is 2.44. The second kappa shape index (κ2) is 9.48. The molecule has 0 aromatic heterocycles. The molecule has 0 saturated carbocycles. The van der Waals surface area contributed by atoms with Gasteiger partial charge in [0, 0.05) is 31.2 Å². The summed E-state index contributed by atoms with van der Waals surface area (Å²) in [6, 6.07) is 0. The number of rotatable bonds is 10. The normalized spacial score (nSPS) is 20.4. The highest BCUT2D eigenvalue weighted by molar-refractivity contribution is 5.89. The minimum Gasteiger partial charge on any atom is -0.464 e. The van der Waals surface area contributed by atoms with Gasteiger partial charge in [0.1, 0.15) is 12.2 Å². The predicted molar refractivity (Wildman–Crippen MR) is 106 cm³/mol. The number of ketones is 1. The van der Waals surface area contributed by atoms with Crippen LogP contribution in [0.5, 0.6) is 0 Å². The maximum absolute atomic E-state index is 12.4. The Morgan fingerprint density at radius 3 is 2.04 bits per heavy atom. The van der Waals surface area contributed by atoms with Crippen molar-refractivity contribution >= 4 is 11.8 Å². The molecule has 0 amide bonds. The molecule has 0 unspecified atom stereocenters. The Kier molecular flexibility index (Phi) is 8.45. The Hall–Kier alpha value is -0.980. The molecule has 27 heavy (non-hydrogen) atoms. The third-order valence-electron chi connectivity index (χ3n) is 6.11. The number of nitrogens with zero attached hydrogens (tertiary/aromatic N) is 1. The topological polar surface area (TPSA) is 76.1 Å². The summed E-state index contributed by atoms with van der Waals surface area (Å²) in [5, 5.41) is 10.1. The Morgan fingerprint density at radius 2 is 1.59 bits per heavy atom. The van der Waals surface area contributed by atoms with E-state index in [2.05, 4.69) is 32.6 Å². The van der Waals surface area contributed by atoms with Crippen molar-refractivity contribution in [2.24, 2.45) is 0 Å². The smallest absolute Gasteiger partial charge is 0.306 e. The van der Waals surface area contributed by atoms with Crippen LogP contribution in [0.1, 0.15) is 80.1 Å². The summed E-state index contributed by atoms with van der Waals surface area (Å²) in [5.41, 5.74) is -1.11. The van der Waals surface area contributed by atoms with Crippen LogP contribution in [0.15, 0.2) is 0 Å². The summed E-state index contributed by atoms with van der Waals surface area (Å²) in [5.74, 6) is -0.396. The number of hydrogen-bond donors (Lipinski definition) is 1. The largest absolute Gasteiger partial charge is 0.464 e. The van der Waals surface area contributed by atoms with Crippen molar-refractivity contribution in [3.05, 3.63) is 0 Å². The van der Waals surface area contributed by atoms with Crippen molar-refractivity contribution in [2.75, 3.05) is 20.3 Å². The molecular formula is C21H39NO5. The highest BCUT2D eigenvalue weighted by atomic mass is 16.5. The third-order valence-corrected chi connectivity index (χ3v) is 6.11. The lowest BCUT2D eigenvalue weighted by molar-refractivity contribution is -0.151. The zero-order valence-electron chi connectivity index (χ0n) is 18.3. The van der Waals surface area contributed by atoms with Gasteiger partial charge in [0.25, 0.3) is 0 Å². The second-order valence-corrected chi connectivity index (χ2v) is 8.89. The van der Waals surface area contributed by atoms with Crippen molar-refractivity contribution < 1.29 is 24.2 Å². The molecule has 0 aliphatic carbocycles. The van der Waals surface area contributed by atoms with E-state index in [9.17, 15) is 14.7 Å². The van der Waals surface area contributed by atoms with Crippen molar-refractivity contribution in [1.29, 1.82) is 0 Å². The first-order valence-corrected chi connectivity index (χ1v) is 10.1. The third kappa shape index (κ3) is 6.00. The number of piperidine rings is 1. The SMILES string of the molecule is CCC(CC)(OC)C(=O)CCC(=O)OCCN1C(C)(C)CC(O)CC1(C)C. The molecule has 1 fully saturated rings. The Labute approximate surface area is 164 Å². The van der Waals surface area contributed by atoms with E-state index in [1.807, 2.05) is 13.8 Å². The lowest BCUT2D eigenvalue weighted by Crippen LogP contribution is -2.62. The van der Waals surface area contributed by atoms with E-state index in [1.54, 1.807) is 7.11 Å². The van der Waals surface area contributed by atoms with Crippen LogP contribution in [0.3, 0.4) is 0 Å². The molecule has 1 saturated heterocycles. The summed E-state index contributed by atoms with van der Waals surface area (Å²) >= 11 is 0. The minimum atomic E-state index is -0.789. The van der Waals surface area contributed by atoms with Crippen LogP contribution in [0.2, 0.25) is 0 Å². The summed E-state index contributed by atoms with van der Waals surface area (Å²) in [6.07, 6.45) is 2.50. The second-order valence-electron chi connectivity index (χ2n) is 8.89. The van der Waals surface area contributed by atoms with Gasteiger partial charge in [-0.2, -0.15) is 0 Å². The molecule has 1 heterocycles. The number of carbonyl (C=O) groups excluding carboxylic acids is 2. The lowest BCUT2D eigenvalue weighted by atomic mass is 9.78. The van der Waals surface area contributed by atoms with E-state index in [4.69, 9.17) is 9.47 Å². The van der Waals surface area contributed by atoms with Crippen LogP contribution in [-0.2, 0) is 19.1 Å². The fourth-order valence-corrected chi connectivity index (χ4v) is 4.68. The number of carbonyl (C=O) groups is 2. The molecular weight excluding hydrogens is 346 g/mol. The molecule has 1 N–H and O–H groups in total. The predicted octanol–water partition coefficient (Wildman–Crippen LogP) is 3.10. The van der Waals surface area contributed by atoms with Crippen LogP contribution < -0.4 is 0 Å². The van der Waals surface area contributed by atoms with Gasteiger partial charge in [-0.15, -0.1) is 0 Å². The van der Waals surface area contributed by atoms with Crippen molar-refractivity contribution in [3.63, 3.8) is 0 Å². The molecule has 0 aromatic carbocycles. The Balaban J connectivity index is 2.50. The number of likely N-dealkylation sites (tertiary alicyclic amines) is 1. The Morgan fingerprint density at radius 1 is 1.07 bits per heavy atom. The standard InChI is InChI=1S/C21H39NO5/c1-8-21(9-2,26-7)17(24)10-11-18(25)27-13-12-22-19(3,4)14-16(23)15-20(22,5)6/h16,23H,8-15H2,1-7H3. The van der Waals surface area contributed by atoms with Gasteiger partial charge in [-0.05, 0) is 53.4 Å². The van der Waals surface area contributed by atoms with E-state index in [-0.39, 0.29) is 48.4 Å². The number of esters is 1. The summed E-state index contributed by atoms with van der Waals surface area (Å²) in [4.78, 5) is 26.8. The fourth-order valence-electron chi connectivity index (χ4n) is 4.68. The van der Waals surface area contributed by atoms with Gasteiger partial charge in [0.2, 0.25) is 0 Å². The van der Waals surface area contributed by atoms with Gasteiger partial charge in [0.15, 0.2) is 5.78 Å². The Bertz CT molecular complexity index is 484. The van der Waals surface area contributed by atoms with E-state index in [0.29, 0.717) is 32.2 Å². The molecule has 1 rings (SSSR count). The molecule has 1 aliphatic heterocycles. The molecule has 0 spiro atoms. The van der Waals surface area contributed by atoms with Crippen LogP contribution >= 0.6 is 0 Å². The fraction of sp³-hybridized carbons (Fsp3) is 0.905. The zero-order chi connectivity index (χ0) is 20.9. The molecule has 1 aliphatic rings. The molecule has 6 nitrogen and oxygen atoms in total. The van der Waals surface area contributed by atoms with Crippen LogP contribution in [0, 0.1) is 0 Å². The lowest BCUT2D eigenvalue weighted by Gasteiger charge is -2.54. The van der Waals surface area contributed by atoms with Crippen LogP contribution in [0.25, 0.3) is 0 Å². The van der Waals surface area contributed by atoms with Gasteiger partial charge >= 0.3 is 5.97 Å². The number of ether oxygens (including phenoxy) is 2. The number of aliphatic hydroxyl groups excluding tert-OH is 1. The van der Waals surface area contributed by atoms with Crippen molar-refractivity contribution in [1.82, 2.24) is 4.90 Å². The van der Waals surface area contributed by atoms with Gasteiger partial charge in [-0.3, -0.25) is 14.5 Å². The molecule has 0 radical (unpaired) electrons. The summed E-state index contributed by atoms with van der Waals surface area (Å²) in [7, 11) is 1.54. The van der Waals surface area contributed by atoms with Crippen molar-refractivity contribution in [2.45, 2.75) is 103 Å². The monoisotopic (exact) mass is 385 g/mol.